The van der Waals surface area contributed by atoms with Crippen LogP contribution in [0.4, 0.5) is 0 Å². The molecule has 144 valence electrons. The lowest BCUT2D eigenvalue weighted by atomic mass is 10.1. The molecular formula is C21H24Cl2N2O2. The Balaban J connectivity index is 2.31. The lowest BCUT2D eigenvalue weighted by molar-refractivity contribution is -0.140. The summed E-state index contributed by atoms with van der Waals surface area (Å²) in [5, 5.41) is 3.97. The van der Waals surface area contributed by atoms with Crippen LogP contribution in [0.25, 0.3) is 0 Å². The fraction of sp³-hybridized carbons (Fsp3) is 0.333. The highest BCUT2D eigenvalue weighted by Gasteiger charge is 2.28. The molecule has 6 heteroatoms. The Hall–Kier alpha value is -2.04. The SMILES string of the molecule is CCNC(=O)C(CC)N(Cc1ccccc1Cl)C(=O)Cc1cccc(Cl)c1. The van der Waals surface area contributed by atoms with Crippen LogP contribution in [-0.2, 0) is 22.6 Å². The van der Waals surface area contributed by atoms with E-state index in [1.54, 1.807) is 23.1 Å². The molecule has 4 nitrogen and oxygen atoms in total. The molecule has 0 bridgehead atoms. The fourth-order valence-corrected chi connectivity index (χ4v) is 3.35. The van der Waals surface area contributed by atoms with E-state index in [4.69, 9.17) is 23.2 Å². The van der Waals surface area contributed by atoms with Gasteiger partial charge in [-0.15, -0.1) is 0 Å². The number of carbonyl (C=O) groups is 2. The van der Waals surface area contributed by atoms with Gasteiger partial charge < -0.3 is 10.2 Å². The van der Waals surface area contributed by atoms with Crippen molar-refractivity contribution in [1.82, 2.24) is 10.2 Å². The molecule has 0 aliphatic carbocycles. The van der Waals surface area contributed by atoms with Crippen LogP contribution in [0.2, 0.25) is 10.0 Å². The summed E-state index contributed by atoms with van der Waals surface area (Å²) in [4.78, 5) is 27.3. The van der Waals surface area contributed by atoms with Crippen molar-refractivity contribution in [2.24, 2.45) is 0 Å². The predicted molar refractivity (Wildman–Crippen MR) is 110 cm³/mol. The van der Waals surface area contributed by atoms with Crippen molar-refractivity contribution in [2.75, 3.05) is 6.54 Å². The zero-order chi connectivity index (χ0) is 19.8. The van der Waals surface area contributed by atoms with E-state index < -0.39 is 6.04 Å². The van der Waals surface area contributed by atoms with E-state index in [-0.39, 0.29) is 24.8 Å². The highest BCUT2D eigenvalue weighted by molar-refractivity contribution is 6.31. The van der Waals surface area contributed by atoms with Crippen molar-refractivity contribution in [2.45, 2.75) is 39.3 Å². The molecule has 0 saturated heterocycles. The Kier molecular flexibility index (Phi) is 8.14. The predicted octanol–water partition coefficient (Wildman–Crippen LogP) is 4.48. The van der Waals surface area contributed by atoms with E-state index in [0.717, 1.165) is 11.1 Å². The number of rotatable bonds is 8. The smallest absolute Gasteiger partial charge is 0.242 e. The number of nitrogens with one attached hydrogen (secondary N) is 1. The van der Waals surface area contributed by atoms with Crippen LogP contribution >= 0.6 is 23.2 Å². The Morgan fingerprint density at radius 1 is 1.07 bits per heavy atom. The average molecular weight is 407 g/mol. The summed E-state index contributed by atoms with van der Waals surface area (Å²) >= 11 is 12.3. The van der Waals surface area contributed by atoms with Gasteiger partial charge in [0.2, 0.25) is 11.8 Å². The minimum atomic E-state index is -0.562. The first-order valence-corrected chi connectivity index (χ1v) is 9.76. The zero-order valence-corrected chi connectivity index (χ0v) is 17.1. The van der Waals surface area contributed by atoms with Crippen LogP contribution in [0.3, 0.4) is 0 Å². The van der Waals surface area contributed by atoms with Crippen LogP contribution in [0.5, 0.6) is 0 Å². The maximum atomic E-state index is 13.1. The van der Waals surface area contributed by atoms with Crippen LogP contribution < -0.4 is 5.32 Å². The first-order valence-electron chi connectivity index (χ1n) is 9.01. The third-order valence-corrected chi connectivity index (χ3v) is 4.88. The maximum absolute atomic E-state index is 13.1. The Morgan fingerprint density at radius 3 is 2.44 bits per heavy atom. The lowest BCUT2D eigenvalue weighted by Crippen LogP contribution is -2.49. The van der Waals surface area contributed by atoms with E-state index >= 15 is 0 Å². The highest BCUT2D eigenvalue weighted by atomic mass is 35.5. The van der Waals surface area contributed by atoms with E-state index in [1.165, 1.54) is 0 Å². The third-order valence-electron chi connectivity index (χ3n) is 4.28. The molecule has 1 unspecified atom stereocenters. The minimum Gasteiger partial charge on any atom is -0.355 e. The fourth-order valence-electron chi connectivity index (χ4n) is 2.94. The summed E-state index contributed by atoms with van der Waals surface area (Å²) in [5.74, 6) is -0.304. The van der Waals surface area contributed by atoms with Gasteiger partial charge in [0.05, 0.1) is 6.42 Å². The molecule has 0 heterocycles. The van der Waals surface area contributed by atoms with E-state index in [2.05, 4.69) is 5.32 Å². The van der Waals surface area contributed by atoms with Crippen molar-refractivity contribution in [3.63, 3.8) is 0 Å². The second-order valence-electron chi connectivity index (χ2n) is 6.24. The molecule has 2 aromatic rings. The van der Waals surface area contributed by atoms with Crippen molar-refractivity contribution in [1.29, 1.82) is 0 Å². The summed E-state index contributed by atoms with van der Waals surface area (Å²) < 4.78 is 0. The molecule has 2 amide bonds. The molecule has 0 spiro atoms. The summed E-state index contributed by atoms with van der Waals surface area (Å²) in [5.41, 5.74) is 1.61. The number of hydrogen-bond donors (Lipinski definition) is 1. The number of hydrogen-bond acceptors (Lipinski definition) is 2. The highest BCUT2D eigenvalue weighted by Crippen LogP contribution is 2.21. The van der Waals surface area contributed by atoms with Crippen molar-refractivity contribution < 1.29 is 9.59 Å². The first-order chi connectivity index (χ1) is 13.0. The first kappa shape index (κ1) is 21.3. The second-order valence-corrected chi connectivity index (χ2v) is 7.08. The molecule has 2 rings (SSSR count). The largest absolute Gasteiger partial charge is 0.355 e. The topological polar surface area (TPSA) is 49.4 Å². The average Bonchev–Trinajstić information content (AvgIpc) is 2.63. The number of halogens is 2. The summed E-state index contributed by atoms with van der Waals surface area (Å²) in [6.45, 7) is 4.54. The summed E-state index contributed by atoms with van der Waals surface area (Å²) in [6, 6.07) is 14.0. The Morgan fingerprint density at radius 2 is 1.81 bits per heavy atom. The van der Waals surface area contributed by atoms with Gasteiger partial charge in [0.15, 0.2) is 0 Å². The Bertz CT molecular complexity index is 795. The number of nitrogens with zero attached hydrogens (tertiary/aromatic N) is 1. The number of amides is 2. The molecule has 2 aromatic carbocycles. The molecule has 1 atom stereocenters. The quantitative estimate of drug-likeness (QED) is 0.702. The molecule has 0 saturated carbocycles. The molecule has 27 heavy (non-hydrogen) atoms. The van der Waals surface area contributed by atoms with Gasteiger partial charge in [-0.1, -0.05) is 60.5 Å². The van der Waals surface area contributed by atoms with E-state index in [0.29, 0.717) is 23.0 Å². The molecular weight excluding hydrogens is 383 g/mol. The maximum Gasteiger partial charge on any atom is 0.242 e. The van der Waals surface area contributed by atoms with E-state index in [1.807, 2.05) is 44.2 Å². The molecule has 0 aromatic heterocycles. The van der Waals surface area contributed by atoms with Crippen molar-refractivity contribution >= 4 is 35.0 Å². The van der Waals surface area contributed by atoms with Gasteiger partial charge in [-0.05, 0) is 42.7 Å². The third kappa shape index (κ3) is 5.98. The van der Waals surface area contributed by atoms with Gasteiger partial charge in [-0.2, -0.15) is 0 Å². The van der Waals surface area contributed by atoms with Crippen LogP contribution in [0.1, 0.15) is 31.4 Å². The minimum absolute atomic E-state index is 0.143. The molecule has 0 fully saturated rings. The van der Waals surface area contributed by atoms with Crippen LogP contribution in [0.15, 0.2) is 48.5 Å². The van der Waals surface area contributed by atoms with Crippen LogP contribution in [-0.4, -0.2) is 29.3 Å². The zero-order valence-electron chi connectivity index (χ0n) is 15.5. The van der Waals surface area contributed by atoms with Crippen LogP contribution in [0, 0.1) is 0 Å². The lowest BCUT2D eigenvalue weighted by Gasteiger charge is -2.31. The van der Waals surface area contributed by atoms with Gasteiger partial charge in [0.1, 0.15) is 6.04 Å². The normalized spacial score (nSPS) is 11.7. The molecule has 0 radical (unpaired) electrons. The molecule has 0 aliphatic heterocycles. The number of likely N-dealkylation sites (N-methyl/N-ethyl adjacent to an activating group) is 1. The van der Waals surface area contributed by atoms with Gasteiger partial charge in [-0.25, -0.2) is 0 Å². The standard InChI is InChI=1S/C21H24Cl2N2O2/c1-3-19(21(27)24-4-2)25(14-16-9-5-6-11-18(16)23)20(26)13-15-8-7-10-17(22)12-15/h5-12,19H,3-4,13-14H2,1-2H3,(H,24,27). The van der Waals surface area contributed by atoms with Gasteiger partial charge in [0.25, 0.3) is 0 Å². The summed E-state index contributed by atoms with van der Waals surface area (Å²) in [7, 11) is 0. The second kappa shape index (κ2) is 10.3. The Labute approximate surface area is 170 Å². The van der Waals surface area contributed by atoms with Crippen molar-refractivity contribution in [3.8, 4) is 0 Å². The van der Waals surface area contributed by atoms with Gasteiger partial charge >= 0.3 is 0 Å². The number of carbonyl (C=O) groups excluding carboxylic acids is 2. The molecule has 1 N–H and O–H groups in total. The monoisotopic (exact) mass is 406 g/mol. The van der Waals surface area contributed by atoms with Gasteiger partial charge in [0, 0.05) is 23.1 Å². The van der Waals surface area contributed by atoms with E-state index in [9.17, 15) is 9.59 Å². The van der Waals surface area contributed by atoms with Gasteiger partial charge in [-0.3, -0.25) is 9.59 Å². The van der Waals surface area contributed by atoms with Crippen molar-refractivity contribution in [3.05, 3.63) is 69.7 Å². The molecule has 0 aliphatic rings. The number of benzene rings is 2. The summed E-state index contributed by atoms with van der Waals surface area (Å²) in [6.07, 6.45) is 0.679.